The van der Waals surface area contributed by atoms with Crippen molar-refractivity contribution in [2.45, 2.75) is 6.42 Å². The van der Waals surface area contributed by atoms with Gasteiger partial charge in [0.2, 0.25) is 0 Å². The third-order valence-electron chi connectivity index (χ3n) is 2.59. The molecule has 0 fully saturated rings. The second-order valence-corrected chi connectivity index (χ2v) is 3.90. The molecule has 1 aliphatic rings. The smallest absolute Gasteiger partial charge is 0.147 e. The molecule has 0 saturated heterocycles. The Morgan fingerprint density at radius 3 is 3.13 bits per heavy atom. The first-order valence-electron chi connectivity index (χ1n) is 4.73. The summed E-state index contributed by atoms with van der Waals surface area (Å²) < 4.78 is 0. The maximum absolute atomic E-state index is 10.9. The van der Waals surface area contributed by atoms with E-state index in [-0.39, 0.29) is 0 Å². The number of nitrogens with zero attached hydrogens (tertiary/aromatic N) is 2. The molecule has 0 unspecified atom stereocenters. The molecule has 0 spiro atoms. The molecule has 1 aliphatic heterocycles. The number of aromatic nitrogens is 1. The Labute approximate surface area is 93.4 Å². The number of carbonyl (C=O) groups is 1. The summed E-state index contributed by atoms with van der Waals surface area (Å²) in [5.41, 5.74) is 2.52. The number of carbonyl (C=O) groups excluding carboxylic acids is 1. The average Bonchev–Trinajstić information content (AvgIpc) is 2.39. The Balaban J connectivity index is 2.61. The highest BCUT2D eigenvalue weighted by atomic mass is 35.5. The van der Waals surface area contributed by atoms with E-state index in [9.17, 15) is 4.79 Å². The molecule has 1 aromatic heterocycles. The largest absolute Gasteiger partial charge is 0.372 e. The van der Waals surface area contributed by atoms with Crippen LogP contribution in [0.15, 0.2) is 24.0 Å². The molecule has 15 heavy (non-hydrogen) atoms. The first kappa shape index (κ1) is 10.2. The zero-order valence-electron chi connectivity index (χ0n) is 8.40. The summed E-state index contributed by atoms with van der Waals surface area (Å²) in [4.78, 5) is 17.0. The Morgan fingerprint density at radius 1 is 1.60 bits per heavy atom. The number of anilines is 1. The van der Waals surface area contributed by atoms with Crippen LogP contribution in [0.1, 0.15) is 12.0 Å². The van der Waals surface area contributed by atoms with E-state index in [2.05, 4.69) is 9.88 Å². The standard InChI is InChI=1S/C11H11ClN2O/c1-14-5-3-8(7-15)11(12)9-2-4-13-6-10(9)14/h2,4,6-7H,3,5H2,1H3. The van der Waals surface area contributed by atoms with Gasteiger partial charge in [0, 0.05) is 30.9 Å². The summed E-state index contributed by atoms with van der Waals surface area (Å²) in [7, 11) is 1.97. The third-order valence-corrected chi connectivity index (χ3v) is 3.03. The SMILES string of the molecule is CN1CCC(C=O)=C(Cl)c2ccncc21. The fraction of sp³-hybridized carbons (Fsp3) is 0.273. The van der Waals surface area contributed by atoms with Gasteiger partial charge in [0.1, 0.15) is 6.29 Å². The molecule has 0 amide bonds. The number of aldehydes is 1. The molecule has 0 aliphatic carbocycles. The van der Waals surface area contributed by atoms with Crippen LogP contribution in [0.4, 0.5) is 5.69 Å². The molecule has 3 nitrogen and oxygen atoms in total. The van der Waals surface area contributed by atoms with E-state index in [0.717, 1.165) is 24.1 Å². The first-order chi connectivity index (χ1) is 7.24. The van der Waals surface area contributed by atoms with E-state index in [0.29, 0.717) is 17.0 Å². The van der Waals surface area contributed by atoms with Crippen LogP contribution >= 0.6 is 11.6 Å². The molecule has 0 saturated carbocycles. The number of pyridine rings is 1. The predicted octanol–water partition coefficient (Wildman–Crippen LogP) is 2.07. The molecule has 0 bridgehead atoms. The van der Waals surface area contributed by atoms with Gasteiger partial charge >= 0.3 is 0 Å². The minimum absolute atomic E-state index is 0.548. The lowest BCUT2D eigenvalue weighted by atomic mass is 10.1. The second-order valence-electron chi connectivity index (χ2n) is 3.52. The zero-order valence-corrected chi connectivity index (χ0v) is 9.16. The summed E-state index contributed by atoms with van der Waals surface area (Å²) in [6.07, 6.45) is 4.97. The third kappa shape index (κ3) is 1.75. The average molecular weight is 223 g/mol. The lowest BCUT2D eigenvalue weighted by Crippen LogP contribution is -2.18. The van der Waals surface area contributed by atoms with Gasteiger partial charge in [-0.3, -0.25) is 9.78 Å². The summed E-state index contributed by atoms with van der Waals surface area (Å²) >= 11 is 6.18. The van der Waals surface area contributed by atoms with Crippen molar-refractivity contribution in [2.75, 3.05) is 18.5 Å². The van der Waals surface area contributed by atoms with E-state index >= 15 is 0 Å². The highest BCUT2D eigenvalue weighted by Gasteiger charge is 2.18. The number of hydrogen-bond donors (Lipinski definition) is 0. The van der Waals surface area contributed by atoms with Crippen molar-refractivity contribution >= 4 is 28.6 Å². The molecule has 2 rings (SSSR count). The number of halogens is 1. The topological polar surface area (TPSA) is 33.2 Å². The Bertz CT molecular complexity index is 428. The minimum atomic E-state index is 0.548. The van der Waals surface area contributed by atoms with Gasteiger partial charge in [0.15, 0.2) is 0 Å². The van der Waals surface area contributed by atoms with Crippen LogP contribution in [0.3, 0.4) is 0 Å². The van der Waals surface area contributed by atoms with Gasteiger partial charge in [-0.2, -0.15) is 0 Å². The van der Waals surface area contributed by atoms with Crippen molar-refractivity contribution in [3.05, 3.63) is 29.6 Å². The summed E-state index contributed by atoms with van der Waals surface area (Å²) in [5, 5.41) is 0.548. The maximum Gasteiger partial charge on any atom is 0.147 e. The lowest BCUT2D eigenvalue weighted by molar-refractivity contribution is -0.104. The fourth-order valence-electron chi connectivity index (χ4n) is 1.68. The van der Waals surface area contributed by atoms with E-state index in [1.54, 1.807) is 12.4 Å². The molecule has 0 aromatic carbocycles. The van der Waals surface area contributed by atoms with Crippen LogP contribution in [-0.2, 0) is 4.79 Å². The molecule has 1 aromatic rings. The van der Waals surface area contributed by atoms with Gasteiger partial charge in [0.25, 0.3) is 0 Å². The highest BCUT2D eigenvalue weighted by Crippen LogP contribution is 2.34. The normalized spacial score (nSPS) is 16.0. The van der Waals surface area contributed by atoms with Gasteiger partial charge in [-0.05, 0) is 12.5 Å². The number of fused-ring (bicyclic) bond motifs is 1. The van der Waals surface area contributed by atoms with E-state index < -0.39 is 0 Å². The second kappa shape index (κ2) is 4.03. The van der Waals surface area contributed by atoms with Gasteiger partial charge in [-0.1, -0.05) is 11.6 Å². The molecule has 2 heterocycles. The van der Waals surface area contributed by atoms with E-state index in [1.807, 2.05) is 13.1 Å². The fourth-order valence-corrected chi connectivity index (χ4v) is 1.98. The van der Waals surface area contributed by atoms with Crippen molar-refractivity contribution in [1.29, 1.82) is 0 Å². The van der Waals surface area contributed by atoms with Crippen molar-refractivity contribution in [3.63, 3.8) is 0 Å². The van der Waals surface area contributed by atoms with Crippen LogP contribution in [-0.4, -0.2) is 24.9 Å². The van der Waals surface area contributed by atoms with Crippen LogP contribution in [0, 0.1) is 0 Å². The Hall–Kier alpha value is -1.35. The number of rotatable bonds is 1. The first-order valence-corrected chi connectivity index (χ1v) is 5.11. The quantitative estimate of drug-likeness (QED) is 0.682. The van der Waals surface area contributed by atoms with Gasteiger partial charge < -0.3 is 4.90 Å². The van der Waals surface area contributed by atoms with Crippen molar-refractivity contribution in [1.82, 2.24) is 4.98 Å². The molecule has 78 valence electrons. The van der Waals surface area contributed by atoms with E-state index in [4.69, 9.17) is 11.6 Å². The van der Waals surface area contributed by atoms with Gasteiger partial charge in [-0.25, -0.2) is 0 Å². The van der Waals surface area contributed by atoms with Crippen LogP contribution < -0.4 is 4.90 Å². The van der Waals surface area contributed by atoms with E-state index in [1.165, 1.54) is 0 Å². The zero-order chi connectivity index (χ0) is 10.8. The molecular formula is C11H11ClN2O. The Morgan fingerprint density at radius 2 is 2.40 bits per heavy atom. The summed E-state index contributed by atoms with van der Waals surface area (Å²) in [6.45, 7) is 0.781. The predicted molar refractivity (Wildman–Crippen MR) is 61.0 cm³/mol. The van der Waals surface area contributed by atoms with Crippen LogP contribution in [0.2, 0.25) is 0 Å². The van der Waals surface area contributed by atoms with Gasteiger partial charge in [-0.15, -0.1) is 0 Å². The Kier molecular flexibility index (Phi) is 2.73. The molecule has 0 radical (unpaired) electrons. The molecule has 0 atom stereocenters. The van der Waals surface area contributed by atoms with Crippen molar-refractivity contribution in [2.24, 2.45) is 0 Å². The number of hydrogen-bond acceptors (Lipinski definition) is 3. The monoisotopic (exact) mass is 222 g/mol. The van der Waals surface area contributed by atoms with Crippen LogP contribution in [0.5, 0.6) is 0 Å². The molecule has 4 heteroatoms. The van der Waals surface area contributed by atoms with Crippen molar-refractivity contribution in [3.8, 4) is 0 Å². The van der Waals surface area contributed by atoms with Crippen LogP contribution in [0.25, 0.3) is 5.03 Å². The lowest BCUT2D eigenvalue weighted by Gasteiger charge is -2.18. The van der Waals surface area contributed by atoms with Gasteiger partial charge in [0.05, 0.1) is 16.9 Å². The molecule has 0 N–H and O–H groups in total. The minimum Gasteiger partial charge on any atom is -0.372 e. The maximum atomic E-state index is 10.9. The summed E-state index contributed by atoms with van der Waals surface area (Å²) in [6, 6.07) is 1.84. The highest BCUT2D eigenvalue weighted by molar-refractivity contribution is 6.51. The van der Waals surface area contributed by atoms with Crippen molar-refractivity contribution < 1.29 is 4.79 Å². The molecular weight excluding hydrogens is 212 g/mol. The summed E-state index contributed by atoms with van der Waals surface area (Å²) in [5.74, 6) is 0.